The molecule has 112 valence electrons. The summed E-state index contributed by atoms with van der Waals surface area (Å²) in [5, 5.41) is 0.345. The van der Waals surface area contributed by atoms with E-state index in [4.69, 9.17) is 23.8 Å². The third-order valence-electron chi connectivity index (χ3n) is 3.34. The number of terminal acetylenes is 1. The Morgan fingerprint density at radius 2 is 2.19 bits per heavy atom. The first-order valence-electron chi connectivity index (χ1n) is 6.33. The number of rotatable bonds is 3. The molecule has 2 rings (SSSR count). The molecular formula is C14H15ClN2O3S. The molecular weight excluding hydrogens is 312 g/mol. The van der Waals surface area contributed by atoms with Gasteiger partial charge < -0.3 is 10.6 Å². The second-order valence-electron chi connectivity index (χ2n) is 4.97. The molecule has 1 unspecified atom stereocenters. The Labute approximate surface area is 129 Å². The van der Waals surface area contributed by atoms with Crippen LogP contribution in [0, 0.1) is 12.3 Å². The lowest BCUT2D eigenvalue weighted by Crippen LogP contribution is -2.41. The predicted molar refractivity (Wildman–Crippen MR) is 82.8 cm³/mol. The maximum absolute atomic E-state index is 12.6. The summed E-state index contributed by atoms with van der Waals surface area (Å²) in [6, 6.07) is 4.12. The molecule has 7 heteroatoms. The number of nitrogen functional groups attached to an aromatic ring is 1. The molecule has 5 nitrogen and oxygen atoms in total. The molecule has 1 saturated heterocycles. The number of benzene rings is 1. The average molecular weight is 327 g/mol. The van der Waals surface area contributed by atoms with E-state index in [1.807, 2.05) is 0 Å². The average Bonchev–Trinajstić information content (AvgIpc) is 2.74. The Morgan fingerprint density at radius 3 is 2.71 bits per heavy atom. The third-order valence-corrected chi connectivity index (χ3v) is 5.31. The SMILES string of the molecule is C#CCN(C(=O)c1cc(N)cc(Cl)c1)C1CCS(=O)(=O)C1. The fourth-order valence-corrected chi connectivity index (χ4v) is 4.36. The molecule has 1 atom stereocenters. The highest BCUT2D eigenvalue weighted by atomic mass is 35.5. The van der Waals surface area contributed by atoms with E-state index in [-0.39, 0.29) is 24.0 Å². The Balaban J connectivity index is 2.30. The van der Waals surface area contributed by atoms with Gasteiger partial charge in [-0.15, -0.1) is 6.42 Å². The van der Waals surface area contributed by atoms with E-state index in [2.05, 4.69) is 5.92 Å². The molecule has 0 aromatic heterocycles. The topological polar surface area (TPSA) is 80.5 Å². The summed E-state index contributed by atoms with van der Waals surface area (Å²) >= 11 is 5.89. The second kappa shape index (κ2) is 5.96. The molecule has 1 aromatic rings. The van der Waals surface area contributed by atoms with Crippen LogP contribution in [0.2, 0.25) is 5.02 Å². The van der Waals surface area contributed by atoms with Crippen molar-refractivity contribution in [2.45, 2.75) is 12.5 Å². The van der Waals surface area contributed by atoms with Gasteiger partial charge in [-0.05, 0) is 24.6 Å². The van der Waals surface area contributed by atoms with Crippen molar-refractivity contribution in [3.8, 4) is 12.3 Å². The molecule has 0 aliphatic carbocycles. The molecule has 2 N–H and O–H groups in total. The van der Waals surface area contributed by atoms with E-state index in [0.717, 1.165) is 0 Å². The van der Waals surface area contributed by atoms with Gasteiger partial charge in [-0.1, -0.05) is 17.5 Å². The number of halogens is 1. The molecule has 1 fully saturated rings. The van der Waals surface area contributed by atoms with Gasteiger partial charge in [0.1, 0.15) is 0 Å². The van der Waals surface area contributed by atoms with Crippen molar-refractivity contribution in [2.75, 3.05) is 23.8 Å². The van der Waals surface area contributed by atoms with Gasteiger partial charge in [0.2, 0.25) is 0 Å². The number of amides is 1. The molecule has 1 aliphatic heterocycles. The van der Waals surface area contributed by atoms with Crippen LogP contribution in [0.4, 0.5) is 5.69 Å². The van der Waals surface area contributed by atoms with E-state index >= 15 is 0 Å². The van der Waals surface area contributed by atoms with E-state index in [9.17, 15) is 13.2 Å². The minimum atomic E-state index is -3.10. The summed E-state index contributed by atoms with van der Waals surface area (Å²) < 4.78 is 23.2. The van der Waals surface area contributed by atoms with Crippen LogP contribution in [0.15, 0.2) is 18.2 Å². The summed E-state index contributed by atoms with van der Waals surface area (Å²) in [6.45, 7) is 0.0471. The summed E-state index contributed by atoms with van der Waals surface area (Å²) in [6.07, 6.45) is 5.69. The molecule has 0 spiro atoms. The lowest BCUT2D eigenvalue weighted by atomic mass is 10.1. The van der Waals surface area contributed by atoms with Crippen LogP contribution >= 0.6 is 11.6 Å². The summed E-state index contributed by atoms with van der Waals surface area (Å²) in [7, 11) is -3.10. The standard InChI is InChI=1S/C14H15ClN2O3S/c1-2-4-17(13-3-5-21(19,20)9-13)14(18)10-6-11(15)8-12(16)7-10/h1,6-8,13H,3-5,9,16H2. The zero-order valence-corrected chi connectivity index (χ0v) is 12.8. The zero-order chi connectivity index (χ0) is 15.6. The van der Waals surface area contributed by atoms with Crippen molar-refractivity contribution in [2.24, 2.45) is 0 Å². The maximum atomic E-state index is 12.6. The number of nitrogens with zero attached hydrogens (tertiary/aromatic N) is 1. The van der Waals surface area contributed by atoms with Crippen molar-refractivity contribution in [1.29, 1.82) is 0 Å². The molecule has 0 bridgehead atoms. The summed E-state index contributed by atoms with van der Waals surface area (Å²) in [5.74, 6) is 2.05. The van der Waals surface area contributed by atoms with Crippen LogP contribution in [0.1, 0.15) is 16.8 Å². The maximum Gasteiger partial charge on any atom is 0.255 e. The highest BCUT2D eigenvalue weighted by Crippen LogP contribution is 2.22. The minimum absolute atomic E-state index is 0.0471. The first kappa shape index (κ1) is 15.7. The fraction of sp³-hybridized carbons (Fsp3) is 0.357. The van der Waals surface area contributed by atoms with Crippen molar-refractivity contribution in [1.82, 2.24) is 4.90 Å². The number of anilines is 1. The summed E-state index contributed by atoms with van der Waals surface area (Å²) in [5.41, 5.74) is 6.35. The Hall–Kier alpha value is -1.71. The highest BCUT2D eigenvalue weighted by Gasteiger charge is 2.34. The van der Waals surface area contributed by atoms with Gasteiger partial charge in [-0.2, -0.15) is 0 Å². The Bertz CT molecular complexity index is 689. The third kappa shape index (κ3) is 3.69. The predicted octanol–water partition coefficient (Wildman–Crippen LogP) is 1.18. The van der Waals surface area contributed by atoms with Gasteiger partial charge >= 0.3 is 0 Å². The largest absolute Gasteiger partial charge is 0.399 e. The minimum Gasteiger partial charge on any atom is -0.399 e. The number of carbonyl (C=O) groups is 1. The van der Waals surface area contributed by atoms with Crippen LogP contribution in [0.5, 0.6) is 0 Å². The number of nitrogens with two attached hydrogens (primary N) is 1. The van der Waals surface area contributed by atoms with Crippen LogP contribution < -0.4 is 5.73 Å². The van der Waals surface area contributed by atoms with Crippen LogP contribution in [0.25, 0.3) is 0 Å². The van der Waals surface area contributed by atoms with Gasteiger partial charge in [-0.3, -0.25) is 4.79 Å². The second-order valence-corrected chi connectivity index (χ2v) is 7.63. The molecule has 1 aliphatic rings. The molecule has 0 radical (unpaired) electrons. The van der Waals surface area contributed by atoms with Crippen LogP contribution in [-0.4, -0.2) is 43.3 Å². The number of sulfone groups is 1. The molecule has 21 heavy (non-hydrogen) atoms. The normalized spacial score (nSPS) is 19.9. The lowest BCUT2D eigenvalue weighted by molar-refractivity contribution is 0.0724. The fourth-order valence-electron chi connectivity index (χ4n) is 2.39. The highest BCUT2D eigenvalue weighted by molar-refractivity contribution is 7.91. The van der Waals surface area contributed by atoms with Crippen molar-refractivity contribution in [3.05, 3.63) is 28.8 Å². The van der Waals surface area contributed by atoms with Crippen molar-refractivity contribution < 1.29 is 13.2 Å². The van der Waals surface area contributed by atoms with Gasteiger partial charge in [0.05, 0.1) is 18.1 Å². The molecule has 1 amide bonds. The Morgan fingerprint density at radius 1 is 1.48 bits per heavy atom. The Kier molecular flexibility index (Phi) is 4.45. The van der Waals surface area contributed by atoms with Gasteiger partial charge in [-0.25, -0.2) is 8.42 Å². The zero-order valence-electron chi connectivity index (χ0n) is 11.3. The van der Waals surface area contributed by atoms with Gasteiger partial charge in [0.25, 0.3) is 5.91 Å². The van der Waals surface area contributed by atoms with E-state index < -0.39 is 15.9 Å². The van der Waals surface area contributed by atoms with Gasteiger partial charge in [0.15, 0.2) is 9.84 Å². The first-order chi connectivity index (χ1) is 9.82. The van der Waals surface area contributed by atoms with Crippen molar-refractivity contribution >= 4 is 33.0 Å². The monoisotopic (exact) mass is 326 g/mol. The van der Waals surface area contributed by atoms with E-state index in [1.54, 1.807) is 0 Å². The molecule has 1 aromatic carbocycles. The van der Waals surface area contributed by atoms with Crippen LogP contribution in [0.3, 0.4) is 0 Å². The number of hydrogen-bond acceptors (Lipinski definition) is 4. The molecule has 0 saturated carbocycles. The van der Waals surface area contributed by atoms with Crippen LogP contribution in [-0.2, 0) is 9.84 Å². The summed E-state index contributed by atoms with van der Waals surface area (Å²) in [4.78, 5) is 14.0. The number of carbonyl (C=O) groups excluding carboxylic acids is 1. The quantitative estimate of drug-likeness (QED) is 0.668. The molecule has 1 heterocycles. The van der Waals surface area contributed by atoms with Crippen molar-refractivity contribution in [3.63, 3.8) is 0 Å². The first-order valence-corrected chi connectivity index (χ1v) is 8.53. The van der Waals surface area contributed by atoms with E-state index in [1.165, 1.54) is 23.1 Å². The lowest BCUT2D eigenvalue weighted by Gasteiger charge is -2.26. The van der Waals surface area contributed by atoms with E-state index in [0.29, 0.717) is 22.7 Å². The van der Waals surface area contributed by atoms with Gasteiger partial charge in [0, 0.05) is 22.3 Å². The number of hydrogen-bond donors (Lipinski definition) is 1. The smallest absolute Gasteiger partial charge is 0.255 e.